The second-order valence-electron chi connectivity index (χ2n) is 5.25. The molecule has 1 fully saturated rings. The molecule has 0 amide bonds. The Morgan fingerprint density at radius 3 is 2.60 bits per heavy atom. The van der Waals surface area contributed by atoms with Gasteiger partial charge in [0, 0.05) is 12.0 Å². The zero-order valence-corrected chi connectivity index (χ0v) is 11.5. The van der Waals surface area contributed by atoms with Gasteiger partial charge >= 0.3 is 0 Å². The Labute approximate surface area is 117 Å². The van der Waals surface area contributed by atoms with E-state index in [1.807, 2.05) is 19.1 Å². The highest BCUT2D eigenvalue weighted by Gasteiger charge is 2.38. The Balaban J connectivity index is 1.71. The first kappa shape index (κ1) is 13.2. The summed E-state index contributed by atoms with van der Waals surface area (Å²) in [5.41, 5.74) is 1.05. The maximum Gasteiger partial charge on any atom is 0.240 e. The van der Waals surface area contributed by atoms with Gasteiger partial charge in [-0.25, -0.2) is 4.39 Å². The molecular formula is C15H18FN3O. The summed E-state index contributed by atoms with van der Waals surface area (Å²) < 4.78 is 18.2. The minimum atomic E-state index is -0.201. The summed E-state index contributed by atoms with van der Waals surface area (Å²) in [6, 6.07) is 6.73. The van der Waals surface area contributed by atoms with Crippen LogP contribution in [0.4, 0.5) is 4.39 Å². The Morgan fingerprint density at radius 1 is 1.30 bits per heavy atom. The van der Waals surface area contributed by atoms with Crippen molar-refractivity contribution in [2.75, 3.05) is 0 Å². The van der Waals surface area contributed by atoms with Crippen molar-refractivity contribution in [3.63, 3.8) is 0 Å². The van der Waals surface area contributed by atoms with E-state index < -0.39 is 0 Å². The second kappa shape index (κ2) is 5.32. The van der Waals surface area contributed by atoms with Gasteiger partial charge in [0.15, 0.2) is 5.82 Å². The highest BCUT2D eigenvalue weighted by Crippen LogP contribution is 2.41. The second-order valence-corrected chi connectivity index (χ2v) is 5.25. The number of halogens is 1. The van der Waals surface area contributed by atoms with E-state index in [1.165, 1.54) is 18.6 Å². The molecule has 2 aromatic rings. The average Bonchev–Trinajstić information content (AvgIpc) is 2.87. The van der Waals surface area contributed by atoms with Crippen LogP contribution in [0, 0.1) is 5.82 Å². The average molecular weight is 275 g/mol. The van der Waals surface area contributed by atoms with Gasteiger partial charge < -0.3 is 4.52 Å². The number of rotatable bonds is 5. The van der Waals surface area contributed by atoms with Crippen molar-refractivity contribution in [1.29, 1.82) is 0 Å². The first-order valence-corrected chi connectivity index (χ1v) is 7.04. The molecule has 1 aromatic carbocycles. The molecule has 1 aliphatic carbocycles. The number of hydrogen-bond donors (Lipinski definition) is 1. The van der Waals surface area contributed by atoms with Crippen molar-refractivity contribution < 1.29 is 8.91 Å². The number of nitrogens with one attached hydrogen (secondary N) is 1. The highest BCUT2D eigenvalue weighted by molar-refractivity contribution is 5.27. The van der Waals surface area contributed by atoms with Crippen LogP contribution in [0.3, 0.4) is 0 Å². The van der Waals surface area contributed by atoms with Crippen LogP contribution in [0.15, 0.2) is 28.8 Å². The van der Waals surface area contributed by atoms with Crippen molar-refractivity contribution in [3.8, 4) is 0 Å². The van der Waals surface area contributed by atoms with Crippen molar-refractivity contribution in [1.82, 2.24) is 15.5 Å². The van der Waals surface area contributed by atoms with E-state index in [0.717, 1.165) is 30.7 Å². The molecule has 106 valence electrons. The summed E-state index contributed by atoms with van der Waals surface area (Å²) in [4.78, 5) is 4.30. The standard InChI is InChI=1S/C15H18FN3O/c1-2-13-18-14(20-19-13)10-17-15(8-3-9-15)11-4-6-12(16)7-5-11/h4-7,17H,2-3,8-10H2,1H3. The fraction of sp³-hybridized carbons (Fsp3) is 0.467. The smallest absolute Gasteiger partial charge is 0.240 e. The molecule has 0 bridgehead atoms. The molecule has 4 nitrogen and oxygen atoms in total. The number of benzene rings is 1. The van der Waals surface area contributed by atoms with Crippen LogP contribution in [0.5, 0.6) is 0 Å². The number of aromatic nitrogens is 2. The molecule has 0 atom stereocenters. The van der Waals surface area contributed by atoms with Gasteiger partial charge in [-0.3, -0.25) is 5.32 Å². The monoisotopic (exact) mass is 275 g/mol. The molecule has 20 heavy (non-hydrogen) atoms. The fourth-order valence-corrected chi connectivity index (χ4v) is 2.62. The van der Waals surface area contributed by atoms with Gasteiger partial charge in [0.1, 0.15) is 5.82 Å². The first-order chi connectivity index (χ1) is 9.72. The van der Waals surface area contributed by atoms with E-state index in [2.05, 4.69) is 15.5 Å². The van der Waals surface area contributed by atoms with E-state index in [9.17, 15) is 4.39 Å². The van der Waals surface area contributed by atoms with Crippen LogP contribution < -0.4 is 5.32 Å². The van der Waals surface area contributed by atoms with Gasteiger partial charge in [-0.05, 0) is 37.0 Å². The lowest BCUT2D eigenvalue weighted by Crippen LogP contribution is -2.47. The minimum absolute atomic E-state index is 0.0749. The lowest BCUT2D eigenvalue weighted by Gasteiger charge is -2.43. The molecule has 1 N–H and O–H groups in total. The van der Waals surface area contributed by atoms with Gasteiger partial charge in [-0.15, -0.1) is 0 Å². The van der Waals surface area contributed by atoms with Crippen LogP contribution in [0.2, 0.25) is 0 Å². The zero-order valence-electron chi connectivity index (χ0n) is 11.5. The largest absolute Gasteiger partial charge is 0.338 e. The predicted molar refractivity (Wildman–Crippen MR) is 72.4 cm³/mol. The number of aryl methyl sites for hydroxylation is 1. The molecule has 0 saturated heterocycles. The topological polar surface area (TPSA) is 51.0 Å². The minimum Gasteiger partial charge on any atom is -0.338 e. The van der Waals surface area contributed by atoms with Crippen LogP contribution in [-0.4, -0.2) is 10.1 Å². The van der Waals surface area contributed by atoms with E-state index in [1.54, 1.807) is 0 Å². The van der Waals surface area contributed by atoms with Gasteiger partial charge in [-0.2, -0.15) is 4.98 Å². The summed E-state index contributed by atoms with van der Waals surface area (Å²) in [6.07, 6.45) is 4.04. The Bertz CT molecular complexity index is 575. The SMILES string of the molecule is CCc1noc(CNC2(c3ccc(F)cc3)CCC2)n1. The van der Waals surface area contributed by atoms with Crippen LogP contribution in [0.25, 0.3) is 0 Å². The third-order valence-electron chi connectivity index (χ3n) is 4.01. The molecule has 3 rings (SSSR count). The van der Waals surface area contributed by atoms with E-state index in [4.69, 9.17) is 4.52 Å². The van der Waals surface area contributed by atoms with Gasteiger partial charge in [0.2, 0.25) is 5.89 Å². The third-order valence-corrected chi connectivity index (χ3v) is 4.01. The summed E-state index contributed by atoms with van der Waals surface area (Å²) in [5, 5.41) is 7.39. The fourth-order valence-electron chi connectivity index (χ4n) is 2.62. The molecular weight excluding hydrogens is 257 g/mol. The molecule has 5 heteroatoms. The maximum absolute atomic E-state index is 13.0. The van der Waals surface area contributed by atoms with Crippen LogP contribution >= 0.6 is 0 Å². The first-order valence-electron chi connectivity index (χ1n) is 7.04. The Hall–Kier alpha value is -1.75. The van der Waals surface area contributed by atoms with Crippen molar-refractivity contribution in [3.05, 3.63) is 47.4 Å². The van der Waals surface area contributed by atoms with Crippen LogP contribution in [-0.2, 0) is 18.5 Å². The Kier molecular flexibility index (Phi) is 3.53. The van der Waals surface area contributed by atoms with Gasteiger partial charge in [-0.1, -0.05) is 24.2 Å². The van der Waals surface area contributed by atoms with Crippen molar-refractivity contribution >= 4 is 0 Å². The quantitative estimate of drug-likeness (QED) is 0.911. The summed E-state index contributed by atoms with van der Waals surface area (Å²) >= 11 is 0. The van der Waals surface area contributed by atoms with Gasteiger partial charge in [0.05, 0.1) is 6.54 Å². The predicted octanol–water partition coefficient (Wildman–Crippen LogP) is 2.94. The third kappa shape index (κ3) is 2.45. The lowest BCUT2D eigenvalue weighted by molar-refractivity contribution is 0.174. The molecule has 1 aliphatic rings. The van der Waals surface area contributed by atoms with Crippen LogP contribution in [0.1, 0.15) is 43.5 Å². The maximum atomic E-state index is 13.0. The summed E-state index contributed by atoms with van der Waals surface area (Å²) in [6.45, 7) is 2.54. The summed E-state index contributed by atoms with van der Waals surface area (Å²) in [7, 11) is 0. The van der Waals surface area contributed by atoms with E-state index in [-0.39, 0.29) is 11.4 Å². The molecule has 1 aromatic heterocycles. The lowest BCUT2D eigenvalue weighted by atomic mass is 9.72. The number of nitrogens with zero attached hydrogens (tertiary/aromatic N) is 2. The zero-order chi connectivity index (χ0) is 14.0. The van der Waals surface area contributed by atoms with Crippen molar-refractivity contribution in [2.45, 2.75) is 44.7 Å². The Morgan fingerprint density at radius 2 is 2.05 bits per heavy atom. The molecule has 0 radical (unpaired) electrons. The molecule has 0 spiro atoms. The normalized spacial score (nSPS) is 16.9. The summed E-state index contributed by atoms with van der Waals surface area (Å²) in [5.74, 6) is 1.13. The van der Waals surface area contributed by atoms with E-state index >= 15 is 0 Å². The molecule has 1 heterocycles. The van der Waals surface area contributed by atoms with Crippen molar-refractivity contribution in [2.24, 2.45) is 0 Å². The molecule has 0 unspecified atom stereocenters. The highest BCUT2D eigenvalue weighted by atomic mass is 19.1. The number of hydrogen-bond acceptors (Lipinski definition) is 4. The molecule has 0 aliphatic heterocycles. The van der Waals surface area contributed by atoms with E-state index in [0.29, 0.717) is 12.4 Å². The molecule has 1 saturated carbocycles. The van der Waals surface area contributed by atoms with Gasteiger partial charge in [0.25, 0.3) is 0 Å².